The highest BCUT2D eigenvalue weighted by atomic mass is 16.2. The van der Waals surface area contributed by atoms with Gasteiger partial charge in [-0.3, -0.25) is 9.59 Å². The zero-order chi connectivity index (χ0) is 23.7. The molecule has 0 rings (SSSR count). The summed E-state index contributed by atoms with van der Waals surface area (Å²) in [5, 5.41) is 2.60. The number of amides is 2. The molecule has 1 atom stereocenters. The fraction of sp³-hybridized carbons (Fsp3) is 0.786. The Morgan fingerprint density at radius 1 is 0.688 bits per heavy atom. The molecule has 0 spiro atoms. The van der Waals surface area contributed by atoms with Gasteiger partial charge in [-0.1, -0.05) is 102 Å². The van der Waals surface area contributed by atoms with Gasteiger partial charge in [0.1, 0.15) is 6.04 Å². The van der Waals surface area contributed by atoms with Crippen molar-refractivity contribution in [2.45, 2.75) is 142 Å². The molecule has 0 aliphatic rings. The predicted molar refractivity (Wildman–Crippen MR) is 136 cm³/mol. The van der Waals surface area contributed by atoms with Gasteiger partial charge in [0.05, 0.1) is 0 Å². The highest BCUT2D eigenvalue weighted by Gasteiger charge is 2.11. The Bertz CT molecular complexity index is 592. The Kier molecular flexibility index (Phi) is 22.3. The molecule has 0 aromatic heterocycles. The second-order valence-corrected chi connectivity index (χ2v) is 8.85. The number of rotatable bonds is 20. The minimum Gasteiger partial charge on any atom is -0.368 e. The van der Waals surface area contributed by atoms with E-state index in [1.165, 1.54) is 77.0 Å². The molecule has 32 heavy (non-hydrogen) atoms. The topological polar surface area (TPSA) is 72.2 Å². The summed E-state index contributed by atoms with van der Waals surface area (Å²) in [6.45, 7) is 3.87. The molecule has 0 aromatic rings. The number of nitrogens with two attached hydrogens (primary N) is 1. The quantitative estimate of drug-likeness (QED) is 0.168. The first-order valence-electron chi connectivity index (χ1n) is 13.1. The maximum absolute atomic E-state index is 11.6. The third kappa shape index (κ3) is 22.7. The van der Waals surface area contributed by atoms with E-state index in [0.29, 0.717) is 6.42 Å². The van der Waals surface area contributed by atoms with Crippen molar-refractivity contribution in [3.05, 3.63) is 0 Å². The van der Waals surface area contributed by atoms with Crippen molar-refractivity contribution in [2.24, 2.45) is 5.73 Å². The van der Waals surface area contributed by atoms with Gasteiger partial charge in [0.2, 0.25) is 11.8 Å². The molecular formula is C28H48N2O2. The van der Waals surface area contributed by atoms with Crippen molar-refractivity contribution in [1.29, 1.82) is 0 Å². The fourth-order valence-corrected chi connectivity index (χ4v) is 3.51. The molecule has 4 heteroatoms. The minimum absolute atomic E-state index is 0.0964. The van der Waals surface area contributed by atoms with E-state index in [1.54, 1.807) is 6.92 Å². The standard InChI is InChI=1S/C28H48N2O2/c1-3-4-5-6-7-8-9-10-11-12-13-14-15-16-17-18-19-20-21-22-23-24-25-27(31)30-26(2)28(29)32/h26H,3-13,18-25H2,1-2H3,(H2,29,32)(H,30,31). The molecule has 0 aromatic carbocycles. The summed E-state index contributed by atoms with van der Waals surface area (Å²) < 4.78 is 0. The van der Waals surface area contributed by atoms with Gasteiger partial charge in [0.25, 0.3) is 0 Å². The first-order valence-corrected chi connectivity index (χ1v) is 13.1. The molecular weight excluding hydrogens is 396 g/mol. The Morgan fingerprint density at radius 3 is 1.53 bits per heavy atom. The lowest BCUT2D eigenvalue weighted by molar-refractivity contribution is -0.127. The lowest BCUT2D eigenvalue weighted by Crippen LogP contribution is -2.42. The number of carbonyl (C=O) groups is 2. The number of hydrogen-bond acceptors (Lipinski definition) is 2. The molecule has 0 saturated heterocycles. The third-order valence-corrected chi connectivity index (χ3v) is 5.65. The normalized spacial score (nSPS) is 11.1. The maximum atomic E-state index is 11.6. The molecule has 0 aliphatic heterocycles. The first kappa shape index (κ1) is 30.1. The van der Waals surface area contributed by atoms with Crippen molar-refractivity contribution >= 4 is 11.8 Å². The summed E-state index contributed by atoms with van der Waals surface area (Å²) in [6, 6.07) is -0.590. The van der Waals surface area contributed by atoms with Gasteiger partial charge in [-0.25, -0.2) is 0 Å². The van der Waals surface area contributed by atoms with E-state index in [0.717, 1.165) is 38.5 Å². The lowest BCUT2D eigenvalue weighted by atomic mass is 10.1. The summed E-state index contributed by atoms with van der Waals surface area (Å²) in [5.74, 6) is 11.7. The fourth-order valence-electron chi connectivity index (χ4n) is 3.51. The number of hydrogen-bond donors (Lipinski definition) is 2. The smallest absolute Gasteiger partial charge is 0.239 e. The van der Waals surface area contributed by atoms with Crippen LogP contribution in [0.15, 0.2) is 0 Å². The van der Waals surface area contributed by atoms with Crippen molar-refractivity contribution in [3.63, 3.8) is 0 Å². The maximum Gasteiger partial charge on any atom is 0.239 e. The van der Waals surface area contributed by atoms with Gasteiger partial charge in [-0.15, -0.1) is 0 Å². The zero-order valence-electron chi connectivity index (χ0n) is 20.9. The highest BCUT2D eigenvalue weighted by molar-refractivity contribution is 5.86. The van der Waals surface area contributed by atoms with E-state index in [-0.39, 0.29) is 5.91 Å². The second kappa shape index (κ2) is 23.7. The van der Waals surface area contributed by atoms with Crippen LogP contribution in [0.5, 0.6) is 0 Å². The van der Waals surface area contributed by atoms with Crippen LogP contribution in [0.2, 0.25) is 0 Å². The molecule has 4 nitrogen and oxygen atoms in total. The van der Waals surface area contributed by atoms with Crippen molar-refractivity contribution in [3.8, 4) is 23.7 Å². The second-order valence-electron chi connectivity index (χ2n) is 8.85. The van der Waals surface area contributed by atoms with E-state index >= 15 is 0 Å². The summed E-state index contributed by atoms with van der Waals surface area (Å²) >= 11 is 0. The minimum atomic E-state index is -0.590. The van der Waals surface area contributed by atoms with Crippen LogP contribution in [0.4, 0.5) is 0 Å². The number of nitrogens with one attached hydrogen (secondary N) is 1. The Labute approximate surface area is 198 Å². The SMILES string of the molecule is CCCCCCCCCCCCC#CC#CCCCCCCCCC(=O)NC(C)C(N)=O. The Morgan fingerprint density at radius 2 is 1.09 bits per heavy atom. The van der Waals surface area contributed by atoms with Crippen molar-refractivity contribution in [1.82, 2.24) is 5.32 Å². The van der Waals surface area contributed by atoms with Crippen LogP contribution < -0.4 is 11.1 Å². The lowest BCUT2D eigenvalue weighted by Gasteiger charge is -2.09. The van der Waals surface area contributed by atoms with E-state index in [4.69, 9.17) is 5.73 Å². The molecule has 0 heterocycles. The van der Waals surface area contributed by atoms with Crippen LogP contribution in [0.3, 0.4) is 0 Å². The van der Waals surface area contributed by atoms with Crippen LogP contribution in [0, 0.1) is 23.7 Å². The van der Waals surface area contributed by atoms with Gasteiger partial charge in [0, 0.05) is 19.3 Å². The monoisotopic (exact) mass is 444 g/mol. The first-order chi connectivity index (χ1) is 15.6. The van der Waals surface area contributed by atoms with Crippen LogP contribution in [-0.4, -0.2) is 17.9 Å². The summed E-state index contributed by atoms with van der Waals surface area (Å²) in [6.07, 6.45) is 22.4. The summed E-state index contributed by atoms with van der Waals surface area (Å²) in [7, 11) is 0. The van der Waals surface area contributed by atoms with Gasteiger partial charge >= 0.3 is 0 Å². The van der Waals surface area contributed by atoms with Gasteiger partial charge in [0.15, 0.2) is 0 Å². The van der Waals surface area contributed by atoms with Crippen LogP contribution in [-0.2, 0) is 9.59 Å². The molecule has 0 radical (unpaired) electrons. The van der Waals surface area contributed by atoms with E-state index < -0.39 is 11.9 Å². The Hall–Kier alpha value is -1.94. The van der Waals surface area contributed by atoms with Gasteiger partial charge in [-0.05, 0) is 38.0 Å². The van der Waals surface area contributed by atoms with Crippen LogP contribution in [0.25, 0.3) is 0 Å². The molecule has 2 amide bonds. The van der Waals surface area contributed by atoms with Crippen molar-refractivity contribution < 1.29 is 9.59 Å². The molecule has 3 N–H and O–H groups in total. The molecule has 0 fully saturated rings. The van der Waals surface area contributed by atoms with Gasteiger partial charge < -0.3 is 11.1 Å². The highest BCUT2D eigenvalue weighted by Crippen LogP contribution is 2.11. The molecule has 0 saturated carbocycles. The van der Waals surface area contributed by atoms with Crippen LogP contribution in [0.1, 0.15) is 136 Å². The zero-order valence-corrected chi connectivity index (χ0v) is 20.9. The van der Waals surface area contributed by atoms with E-state index in [9.17, 15) is 9.59 Å². The molecule has 182 valence electrons. The third-order valence-electron chi connectivity index (χ3n) is 5.65. The molecule has 1 unspecified atom stereocenters. The number of carbonyl (C=O) groups excluding carboxylic acids is 2. The largest absolute Gasteiger partial charge is 0.368 e. The average Bonchev–Trinajstić information content (AvgIpc) is 2.77. The van der Waals surface area contributed by atoms with Gasteiger partial charge in [-0.2, -0.15) is 0 Å². The van der Waals surface area contributed by atoms with Crippen molar-refractivity contribution in [2.75, 3.05) is 0 Å². The summed E-state index contributed by atoms with van der Waals surface area (Å²) in [5.41, 5.74) is 5.13. The predicted octanol–water partition coefficient (Wildman–Crippen LogP) is 6.42. The van der Waals surface area contributed by atoms with E-state index in [1.807, 2.05) is 0 Å². The Balaban J connectivity index is 3.37. The molecule has 0 aliphatic carbocycles. The van der Waals surface area contributed by atoms with E-state index in [2.05, 4.69) is 35.9 Å². The number of unbranched alkanes of at least 4 members (excludes halogenated alkanes) is 16. The van der Waals surface area contributed by atoms with Crippen LogP contribution >= 0.6 is 0 Å². The average molecular weight is 445 g/mol. The molecule has 0 bridgehead atoms. The number of primary amides is 1. The summed E-state index contributed by atoms with van der Waals surface area (Å²) in [4.78, 5) is 22.5.